The van der Waals surface area contributed by atoms with E-state index in [9.17, 15) is 8.78 Å². The SMILES string of the molecule is Cc1cn(CC(F)F)c(Nc2ccccc2)n1. The van der Waals surface area contributed by atoms with Gasteiger partial charge in [0, 0.05) is 11.9 Å². The predicted octanol–water partition coefficient (Wildman–Crippen LogP) is 3.20. The normalized spacial score (nSPS) is 10.8. The van der Waals surface area contributed by atoms with Gasteiger partial charge in [-0.1, -0.05) is 18.2 Å². The molecule has 0 aliphatic heterocycles. The van der Waals surface area contributed by atoms with Crippen LogP contribution >= 0.6 is 0 Å². The number of aryl methyl sites for hydroxylation is 1. The third-order valence-corrected chi connectivity index (χ3v) is 2.26. The van der Waals surface area contributed by atoms with Gasteiger partial charge in [-0.3, -0.25) is 0 Å². The molecule has 0 unspecified atom stereocenters. The lowest BCUT2D eigenvalue weighted by Crippen LogP contribution is -2.08. The van der Waals surface area contributed by atoms with E-state index in [1.807, 2.05) is 30.3 Å². The van der Waals surface area contributed by atoms with Crippen molar-refractivity contribution in [3.8, 4) is 0 Å². The molecule has 17 heavy (non-hydrogen) atoms. The van der Waals surface area contributed by atoms with E-state index < -0.39 is 6.43 Å². The summed E-state index contributed by atoms with van der Waals surface area (Å²) in [5.74, 6) is 0.439. The number of alkyl halides is 2. The number of imidazole rings is 1. The van der Waals surface area contributed by atoms with Crippen LogP contribution in [0.5, 0.6) is 0 Å². The Morgan fingerprint density at radius 3 is 2.65 bits per heavy atom. The Labute approximate surface area is 98.1 Å². The van der Waals surface area contributed by atoms with Crippen molar-refractivity contribution in [3.63, 3.8) is 0 Å². The van der Waals surface area contributed by atoms with Crippen molar-refractivity contribution < 1.29 is 8.78 Å². The van der Waals surface area contributed by atoms with E-state index in [0.29, 0.717) is 11.6 Å². The molecule has 0 bridgehead atoms. The first-order valence-electron chi connectivity index (χ1n) is 5.29. The monoisotopic (exact) mass is 237 g/mol. The van der Waals surface area contributed by atoms with Crippen LogP contribution in [0.15, 0.2) is 36.5 Å². The van der Waals surface area contributed by atoms with Crippen LogP contribution in [-0.2, 0) is 6.54 Å². The summed E-state index contributed by atoms with van der Waals surface area (Å²) >= 11 is 0. The Morgan fingerprint density at radius 2 is 2.00 bits per heavy atom. The lowest BCUT2D eigenvalue weighted by atomic mass is 10.3. The molecule has 2 aromatic rings. The van der Waals surface area contributed by atoms with E-state index in [-0.39, 0.29) is 6.54 Å². The van der Waals surface area contributed by atoms with Crippen LogP contribution in [-0.4, -0.2) is 16.0 Å². The van der Waals surface area contributed by atoms with Crippen LogP contribution in [0.3, 0.4) is 0 Å². The highest BCUT2D eigenvalue weighted by Crippen LogP contribution is 2.16. The second-order valence-electron chi connectivity index (χ2n) is 3.74. The van der Waals surface area contributed by atoms with Gasteiger partial charge in [0.1, 0.15) is 0 Å². The van der Waals surface area contributed by atoms with Gasteiger partial charge in [0.15, 0.2) is 0 Å². The first-order valence-corrected chi connectivity index (χ1v) is 5.29. The molecule has 0 aliphatic carbocycles. The molecule has 0 atom stereocenters. The third kappa shape index (κ3) is 3.03. The number of para-hydroxylation sites is 1. The molecule has 0 spiro atoms. The molecule has 0 radical (unpaired) electrons. The van der Waals surface area contributed by atoms with Crippen molar-refractivity contribution in [1.29, 1.82) is 0 Å². The van der Waals surface area contributed by atoms with Crippen molar-refractivity contribution in [2.24, 2.45) is 0 Å². The van der Waals surface area contributed by atoms with Gasteiger partial charge in [0.25, 0.3) is 6.43 Å². The summed E-state index contributed by atoms with van der Waals surface area (Å²) in [5.41, 5.74) is 1.54. The summed E-state index contributed by atoms with van der Waals surface area (Å²) in [6.45, 7) is 1.42. The lowest BCUT2D eigenvalue weighted by molar-refractivity contribution is 0.127. The summed E-state index contributed by atoms with van der Waals surface area (Å²) in [7, 11) is 0. The molecule has 0 amide bonds. The minimum Gasteiger partial charge on any atom is -0.326 e. The van der Waals surface area contributed by atoms with Crippen molar-refractivity contribution >= 4 is 11.6 Å². The summed E-state index contributed by atoms with van der Waals surface area (Å²) in [4.78, 5) is 4.18. The van der Waals surface area contributed by atoms with Crippen molar-refractivity contribution in [2.45, 2.75) is 19.9 Å². The maximum absolute atomic E-state index is 12.4. The highest BCUT2D eigenvalue weighted by Gasteiger charge is 2.10. The number of nitrogens with zero attached hydrogens (tertiary/aromatic N) is 2. The van der Waals surface area contributed by atoms with Crippen LogP contribution in [0.4, 0.5) is 20.4 Å². The fraction of sp³-hybridized carbons (Fsp3) is 0.250. The van der Waals surface area contributed by atoms with Crippen molar-refractivity contribution in [1.82, 2.24) is 9.55 Å². The molecular weight excluding hydrogens is 224 g/mol. The van der Waals surface area contributed by atoms with E-state index >= 15 is 0 Å². The fourth-order valence-electron chi connectivity index (χ4n) is 1.59. The maximum atomic E-state index is 12.4. The van der Waals surface area contributed by atoms with E-state index in [1.54, 1.807) is 13.1 Å². The number of aromatic nitrogens is 2. The third-order valence-electron chi connectivity index (χ3n) is 2.26. The molecule has 0 saturated carbocycles. The van der Waals surface area contributed by atoms with Gasteiger partial charge in [-0.05, 0) is 19.1 Å². The largest absolute Gasteiger partial charge is 0.326 e. The number of nitrogens with one attached hydrogen (secondary N) is 1. The summed E-state index contributed by atoms with van der Waals surface area (Å²) in [5, 5.41) is 3.02. The highest BCUT2D eigenvalue weighted by atomic mass is 19.3. The van der Waals surface area contributed by atoms with Gasteiger partial charge in [-0.25, -0.2) is 13.8 Å². The Hall–Kier alpha value is -1.91. The molecule has 1 aromatic carbocycles. The van der Waals surface area contributed by atoms with Gasteiger partial charge in [-0.2, -0.15) is 0 Å². The molecular formula is C12H13F2N3. The van der Waals surface area contributed by atoms with Gasteiger partial charge < -0.3 is 9.88 Å². The van der Waals surface area contributed by atoms with Crippen LogP contribution in [0.2, 0.25) is 0 Å². The summed E-state index contributed by atoms with van der Waals surface area (Å²) < 4.78 is 26.2. The lowest BCUT2D eigenvalue weighted by Gasteiger charge is -2.08. The average Bonchev–Trinajstić information content (AvgIpc) is 2.59. The zero-order valence-corrected chi connectivity index (χ0v) is 9.40. The van der Waals surface area contributed by atoms with Crippen LogP contribution in [0.1, 0.15) is 5.69 Å². The van der Waals surface area contributed by atoms with Gasteiger partial charge in [-0.15, -0.1) is 0 Å². The quantitative estimate of drug-likeness (QED) is 0.884. The Morgan fingerprint density at radius 1 is 1.29 bits per heavy atom. The minimum absolute atomic E-state index is 0.351. The van der Waals surface area contributed by atoms with Gasteiger partial charge in [0.2, 0.25) is 5.95 Å². The summed E-state index contributed by atoms with van der Waals surface area (Å²) in [6, 6.07) is 9.35. The summed E-state index contributed by atoms with van der Waals surface area (Å²) in [6.07, 6.45) is -0.780. The van der Waals surface area contributed by atoms with Crippen molar-refractivity contribution in [3.05, 3.63) is 42.2 Å². The zero-order chi connectivity index (χ0) is 12.3. The second-order valence-corrected chi connectivity index (χ2v) is 3.74. The number of hydrogen-bond acceptors (Lipinski definition) is 2. The Balaban J connectivity index is 2.20. The molecule has 3 nitrogen and oxygen atoms in total. The standard InChI is InChI=1S/C12H13F2N3/c1-9-7-17(8-11(13)14)12(15-9)16-10-5-3-2-4-6-10/h2-7,11H,8H2,1H3,(H,15,16). The predicted molar refractivity (Wildman–Crippen MR) is 62.7 cm³/mol. The number of halogens is 2. The molecule has 2 rings (SSSR count). The second kappa shape index (κ2) is 4.95. The first kappa shape index (κ1) is 11.6. The molecule has 1 N–H and O–H groups in total. The van der Waals surface area contributed by atoms with Gasteiger partial charge in [0.05, 0.1) is 12.2 Å². The van der Waals surface area contributed by atoms with Crippen LogP contribution in [0, 0.1) is 6.92 Å². The average molecular weight is 237 g/mol. The molecule has 0 aliphatic rings. The molecule has 1 heterocycles. The highest BCUT2D eigenvalue weighted by molar-refractivity contribution is 5.53. The van der Waals surface area contributed by atoms with E-state index in [1.165, 1.54) is 4.57 Å². The Kier molecular flexibility index (Phi) is 3.37. The molecule has 0 saturated heterocycles. The van der Waals surface area contributed by atoms with E-state index in [0.717, 1.165) is 5.69 Å². The van der Waals surface area contributed by atoms with Crippen molar-refractivity contribution in [2.75, 3.05) is 5.32 Å². The Bertz CT molecular complexity index is 480. The molecule has 1 aromatic heterocycles. The van der Waals surface area contributed by atoms with E-state index in [2.05, 4.69) is 10.3 Å². The fourth-order valence-corrected chi connectivity index (χ4v) is 1.59. The number of rotatable bonds is 4. The van der Waals surface area contributed by atoms with Crippen LogP contribution < -0.4 is 5.32 Å². The molecule has 0 fully saturated rings. The molecule has 90 valence electrons. The van der Waals surface area contributed by atoms with Crippen LogP contribution in [0.25, 0.3) is 0 Å². The maximum Gasteiger partial charge on any atom is 0.256 e. The topological polar surface area (TPSA) is 29.9 Å². The zero-order valence-electron chi connectivity index (χ0n) is 9.40. The number of benzene rings is 1. The van der Waals surface area contributed by atoms with E-state index in [4.69, 9.17) is 0 Å². The smallest absolute Gasteiger partial charge is 0.256 e. The number of anilines is 2. The number of hydrogen-bond donors (Lipinski definition) is 1. The molecule has 5 heteroatoms. The minimum atomic E-state index is -2.39. The van der Waals surface area contributed by atoms with Gasteiger partial charge >= 0.3 is 0 Å². The first-order chi connectivity index (χ1) is 8.15.